The van der Waals surface area contributed by atoms with Crippen LogP contribution in [-0.4, -0.2) is 57.7 Å². The molecule has 2 saturated heterocycles. The van der Waals surface area contributed by atoms with Crippen molar-refractivity contribution in [2.24, 2.45) is 5.73 Å². The molecule has 7 nitrogen and oxygen atoms in total. The third kappa shape index (κ3) is 11.3. The van der Waals surface area contributed by atoms with Gasteiger partial charge in [-0.1, -0.05) is 88.2 Å². The first-order chi connectivity index (χ1) is 29.2. The molecule has 2 fully saturated rings. The van der Waals surface area contributed by atoms with Crippen LogP contribution in [-0.2, 0) is 28.2 Å². The van der Waals surface area contributed by atoms with E-state index in [1.54, 1.807) is 43.3 Å². The Hall–Kier alpha value is -4.94. The fourth-order valence-electron chi connectivity index (χ4n) is 8.20. The highest BCUT2D eigenvalue weighted by molar-refractivity contribution is 7.86. The number of carbonyl (C=O) groups is 1. The Bertz CT molecular complexity index is 2240. The molecule has 0 radical (unpaired) electrons. The normalized spacial score (nSPS) is 19.9. The zero-order valence-electron chi connectivity index (χ0n) is 35.5. The number of hydrogen-bond donors (Lipinski definition) is 2. The number of para-hydroxylation sites is 1. The molecule has 326 valence electrons. The number of fused-ring (bicyclic) bond motifs is 1. The first kappa shape index (κ1) is 45.6. The minimum absolute atomic E-state index is 0.0261. The Morgan fingerprint density at radius 1 is 0.984 bits per heavy atom. The second-order valence-corrected chi connectivity index (χ2v) is 17.9. The van der Waals surface area contributed by atoms with E-state index in [1.807, 2.05) is 13.0 Å². The molecule has 3 aliphatic rings. The van der Waals surface area contributed by atoms with Gasteiger partial charge in [-0.25, -0.2) is 4.39 Å². The van der Waals surface area contributed by atoms with Crippen LogP contribution in [0.5, 0.6) is 17.2 Å². The first-order valence-corrected chi connectivity index (χ1v) is 22.7. The van der Waals surface area contributed by atoms with Crippen LogP contribution in [0.25, 0.3) is 11.1 Å². The number of nitrogens with one attached hydrogen (secondary N) is 1. The van der Waals surface area contributed by atoms with Gasteiger partial charge in [0, 0.05) is 70.4 Å². The standard InChI is InChI=1S/C29H32F3N3O3S.C20H25FO/c1-3-21(17(2)33)28(36)26-12-18-13-27(38-20-8-10-35(11-9-20)19-15-39(37)16-19)23(14-25(18)34-26)22-6-4-5-7-24(22)29(30,31)32;1-4-5-6-9-15(2)17-12-13-19(16(3)14-17)22-20-11-8-7-10-18(20)21/h3-7,13-14,19-20,26,34H,1,8-12,15-16,33H2,2H3;7-8,10-15H,4-6,9H2,1-3H3/b21-17-;. The van der Waals surface area contributed by atoms with Gasteiger partial charge in [0.1, 0.15) is 17.6 Å². The van der Waals surface area contributed by atoms with Crippen molar-refractivity contribution in [1.29, 1.82) is 0 Å². The zero-order valence-corrected chi connectivity index (χ0v) is 36.3. The van der Waals surface area contributed by atoms with Gasteiger partial charge in [-0.05, 0) is 97.7 Å². The molecular formula is C49H57F4N3O4S. The van der Waals surface area contributed by atoms with Crippen molar-refractivity contribution in [3.63, 3.8) is 0 Å². The summed E-state index contributed by atoms with van der Waals surface area (Å²) < 4.78 is 79.3. The number of halogens is 4. The molecule has 3 N–H and O–H groups in total. The summed E-state index contributed by atoms with van der Waals surface area (Å²) in [7, 11) is -0.721. The van der Waals surface area contributed by atoms with Gasteiger partial charge in [-0.3, -0.25) is 13.9 Å². The SMILES string of the molecule is C=C/C(C(=O)C1Cc2cc(OC3CCN(C4CS(=O)C4)CC3)c(-c3ccccc3C(F)(F)F)cc2N1)=C(\C)N.CCCCCC(C)c1ccc(Oc2ccccc2F)c(C)c1. The number of nitrogens with two attached hydrogens (primary N) is 1. The number of allylic oxidation sites excluding steroid dienone is 2. The molecule has 0 bridgehead atoms. The number of anilines is 1. The first-order valence-electron chi connectivity index (χ1n) is 21.2. The van der Waals surface area contributed by atoms with E-state index in [0.29, 0.717) is 58.2 Å². The number of aryl methyl sites for hydroxylation is 1. The Morgan fingerprint density at radius 2 is 1.69 bits per heavy atom. The van der Waals surface area contributed by atoms with Gasteiger partial charge in [0.05, 0.1) is 11.6 Å². The van der Waals surface area contributed by atoms with Gasteiger partial charge in [-0.15, -0.1) is 0 Å². The van der Waals surface area contributed by atoms with Gasteiger partial charge in [0.2, 0.25) is 0 Å². The van der Waals surface area contributed by atoms with Gasteiger partial charge in [0.15, 0.2) is 17.3 Å². The van der Waals surface area contributed by atoms with Crippen molar-refractivity contribution < 1.29 is 36.0 Å². The van der Waals surface area contributed by atoms with Crippen molar-refractivity contribution in [3.05, 3.63) is 131 Å². The number of piperidine rings is 1. The molecule has 0 spiro atoms. The molecule has 0 amide bonds. The molecule has 2 atom stereocenters. The number of hydrogen-bond acceptors (Lipinski definition) is 7. The minimum atomic E-state index is -4.55. The number of benzene rings is 4. The van der Waals surface area contributed by atoms with Crippen LogP contribution < -0.4 is 20.5 Å². The van der Waals surface area contributed by atoms with Crippen molar-refractivity contribution in [2.75, 3.05) is 29.9 Å². The summed E-state index contributed by atoms with van der Waals surface area (Å²) >= 11 is 0. The van der Waals surface area contributed by atoms with E-state index < -0.39 is 28.6 Å². The third-order valence-electron chi connectivity index (χ3n) is 11.8. The highest BCUT2D eigenvalue weighted by Crippen LogP contribution is 2.45. The Labute approximate surface area is 359 Å². The Balaban J connectivity index is 0.000000240. The van der Waals surface area contributed by atoms with E-state index in [1.165, 1.54) is 55.5 Å². The van der Waals surface area contributed by atoms with Crippen molar-refractivity contribution >= 4 is 22.3 Å². The van der Waals surface area contributed by atoms with Crippen molar-refractivity contribution in [2.45, 2.75) is 103 Å². The summed E-state index contributed by atoms with van der Waals surface area (Å²) in [5.74, 6) is 2.76. The summed E-state index contributed by atoms with van der Waals surface area (Å²) in [5.41, 5.74) is 9.92. The maximum atomic E-state index is 14.0. The Kier molecular flexibility index (Phi) is 15.2. The fourth-order valence-corrected chi connectivity index (χ4v) is 9.38. The van der Waals surface area contributed by atoms with E-state index >= 15 is 0 Å². The average molecular weight is 860 g/mol. The summed E-state index contributed by atoms with van der Waals surface area (Å²) in [5, 5.41) is 3.18. The van der Waals surface area contributed by atoms with Crippen LogP contribution in [0.15, 0.2) is 103 Å². The highest BCUT2D eigenvalue weighted by atomic mass is 32.2. The van der Waals surface area contributed by atoms with E-state index in [4.69, 9.17) is 15.2 Å². The average Bonchev–Trinajstić information content (AvgIpc) is 3.64. The number of ketones is 1. The van der Waals surface area contributed by atoms with E-state index in [9.17, 15) is 26.6 Å². The number of unbranched alkanes of at least 4 members (excludes halogenated alkanes) is 2. The van der Waals surface area contributed by atoms with Gasteiger partial charge < -0.3 is 20.5 Å². The number of Topliss-reactive ketones (excluding diaryl/α,β-unsaturated/α-hetero) is 1. The topological polar surface area (TPSA) is 93.9 Å². The predicted octanol–water partition coefficient (Wildman–Crippen LogP) is 11.3. The molecule has 0 aliphatic carbocycles. The molecule has 0 saturated carbocycles. The molecular weight excluding hydrogens is 803 g/mol. The molecule has 3 aliphatic heterocycles. The van der Waals surface area contributed by atoms with Crippen LogP contribution in [0.1, 0.15) is 87.5 Å². The van der Waals surface area contributed by atoms with Gasteiger partial charge >= 0.3 is 6.18 Å². The maximum Gasteiger partial charge on any atom is 0.417 e. The van der Waals surface area contributed by atoms with Gasteiger partial charge in [-0.2, -0.15) is 13.2 Å². The van der Waals surface area contributed by atoms with Crippen molar-refractivity contribution in [3.8, 4) is 28.4 Å². The van der Waals surface area contributed by atoms with Crippen molar-refractivity contribution in [1.82, 2.24) is 4.90 Å². The molecule has 7 rings (SSSR count). The van der Waals surface area contributed by atoms with E-state index in [-0.39, 0.29) is 29.0 Å². The molecule has 0 aromatic heterocycles. The lowest BCUT2D eigenvalue weighted by Crippen LogP contribution is -2.54. The maximum absolute atomic E-state index is 14.0. The monoisotopic (exact) mass is 859 g/mol. The molecule has 4 aromatic rings. The molecule has 61 heavy (non-hydrogen) atoms. The molecule has 12 heteroatoms. The number of rotatable bonds is 14. The number of likely N-dealkylation sites (tertiary alicyclic amines) is 1. The molecule has 2 unspecified atom stereocenters. The van der Waals surface area contributed by atoms with Crippen LogP contribution >= 0.6 is 0 Å². The summed E-state index contributed by atoms with van der Waals surface area (Å²) in [6.07, 6.45) is 3.54. The van der Waals surface area contributed by atoms with Crippen LogP contribution in [0.4, 0.5) is 23.2 Å². The lowest BCUT2D eigenvalue weighted by molar-refractivity contribution is -0.137. The highest BCUT2D eigenvalue weighted by Gasteiger charge is 2.37. The quantitative estimate of drug-likeness (QED) is 0.0564. The lowest BCUT2D eigenvalue weighted by Gasteiger charge is -2.41. The van der Waals surface area contributed by atoms with Crippen LogP contribution in [0.3, 0.4) is 0 Å². The van der Waals surface area contributed by atoms with E-state index in [2.05, 4.69) is 42.8 Å². The minimum Gasteiger partial charge on any atom is -0.490 e. The second kappa shape index (κ2) is 20.3. The fraction of sp³-hybridized carbons (Fsp3) is 0.408. The number of carbonyl (C=O) groups excluding carboxylic acids is 1. The zero-order chi connectivity index (χ0) is 43.8. The second-order valence-electron chi connectivity index (χ2n) is 16.3. The summed E-state index contributed by atoms with van der Waals surface area (Å²) in [4.78, 5) is 15.4. The lowest BCUT2D eigenvalue weighted by atomic mass is 9.94. The van der Waals surface area contributed by atoms with Gasteiger partial charge in [0.25, 0.3) is 0 Å². The number of alkyl halides is 3. The molecule has 3 heterocycles. The predicted molar refractivity (Wildman–Crippen MR) is 237 cm³/mol. The summed E-state index contributed by atoms with van der Waals surface area (Å²) in [6, 6.07) is 21.3. The molecule has 4 aromatic carbocycles. The van der Waals surface area contributed by atoms with E-state index in [0.717, 1.165) is 48.9 Å². The van der Waals surface area contributed by atoms with Crippen LogP contribution in [0, 0.1) is 12.7 Å². The van der Waals surface area contributed by atoms with Crippen LogP contribution in [0.2, 0.25) is 0 Å². The third-order valence-corrected chi connectivity index (χ3v) is 13.3. The number of ether oxygens (including phenoxy) is 2. The smallest absolute Gasteiger partial charge is 0.417 e. The largest absolute Gasteiger partial charge is 0.490 e. The summed E-state index contributed by atoms with van der Waals surface area (Å²) in [6.45, 7) is 13.4. The number of nitrogens with zero attached hydrogens (tertiary/aromatic N) is 1. The Morgan fingerprint density at radius 3 is 2.33 bits per heavy atom.